The molecule has 0 spiro atoms. The molecule has 2 aromatic rings. The largest absolute Gasteiger partial charge is 0.452 e. The highest BCUT2D eigenvalue weighted by atomic mass is 16.5. The van der Waals surface area contributed by atoms with Crippen molar-refractivity contribution in [3.05, 3.63) is 84.5 Å². The molecule has 6 nitrogen and oxygen atoms in total. The highest BCUT2D eigenvalue weighted by molar-refractivity contribution is 6.10. The summed E-state index contributed by atoms with van der Waals surface area (Å²) in [7, 11) is 0. The molecule has 0 saturated heterocycles. The summed E-state index contributed by atoms with van der Waals surface area (Å²) in [5.41, 5.74) is 1.27. The predicted octanol–water partition coefficient (Wildman–Crippen LogP) is 3.55. The zero-order valence-corrected chi connectivity index (χ0v) is 14.8. The highest BCUT2D eigenvalue weighted by Gasteiger charge is 2.14. The van der Waals surface area contributed by atoms with Crippen molar-refractivity contribution in [1.29, 1.82) is 0 Å². The van der Waals surface area contributed by atoms with E-state index in [1.807, 2.05) is 25.1 Å². The van der Waals surface area contributed by atoms with E-state index in [1.165, 1.54) is 12.2 Å². The first-order valence-electron chi connectivity index (χ1n) is 8.31. The molecule has 0 aliphatic carbocycles. The zero-order valence-electron chi connectivity index (χ0n) is 14.8. The van der Waals surface area contributed by atoms with Gasteiger partial charge in [-0.05, 0) is 31.2 Å². The number of carbonyl (C=O) groups excluding carboxylic acids is 3. The lowest BCUT2D eigenvalue weighted by Crippen LogP contribution is -2.22. The summed E-state index contributed by atoms with van der Waals surface area (Å²) in [5.74, 6) is -1.52. The van der Waals surface area contributed by atoms with Gasteiger partial charge in [-0.15, -0.1) is 0 Å². The fraction of sp³-hybridized carbons (Fsp3) is 0.0952. The molecule has 0 saturated carbocycles. The highest BCUT2D eigenvalue weighted by Crippen LogP contribution is 2.17. The molecule has 6 heteroatoms. The number of benzene rings is 2. The first-order valence-corrected chi connectivity index (χ1v) is 8.31. The van der Waals surface area contributed by atoms with Gasteiger partial charge in [0.25, 0.3) is 11.8 Å². The fourth-order valence-electron chi connectivity index (χ4n) is 2.13. The molecule has 2 rings (SSSR count). The van der Waals surface area contributed by atoms with E-state index in [1.54, 1.807) is 48.6 Å². The van der Waals surface area contributed by atoms with Gasteiger partial charge in [-0.2, -0.15) is 0 Å². The smallest absolute Gasteiger partial charge is 0.331 e. The van der Waals surface area contributed by atoms with Gasteiger partial charge in [-0.3, -0.25) is 9.59 Å². The van der Waals surface area contributed by atoms with Crippen LogP contribution >= 0.6 is 0 Å². The van der Waals surface area contributed by atoms with Gasteiger partial charge in [0, 0.05) is 11.8 Å². The van der Waals surface area contributed by atoms with Gasteiger partial charge in [0.1, 0.15) is 0 Å². The van der Waals surface area contributed by atoms with Gasteiger partial charge in [-0.25, -0.2) is 4.79 Å². The van der Waals surface area contributed by atoms with Crippen molar-refractivity contribution in [1.82, 2.24) is 0 Å². The Morgan fingerprint density at radius 2 is 1.63 bits per heavy atom. The van der Waals surface area contributed by atoms with Crippen molar-refractivity contribution in [2.45, 2.75) is 6.92 Å². The SMILES string of the molecule is C/C=C/C=C/C(=O)OCC(=O)Nc1ccccc1C(=O)Nc1ccccc1. The first kappa shape index (κ1) is 19.7. The van der Waals surface area contributed by atoms with Crippen LogP contribution in [0.2, 0.25) is 0 Å². The third-order valence-corrected chi connectivity index (χ3v) is 3.36. The van der Waals surface area contributed by atoms with E-state index in [9.17, 15) is 14.4 Å². The van der Waals surface area contributed by atoms with E-state index in [2.05, 4.69) is 10.6 Å². The lowest BCUT2D eigenvalue weighted by Gasteiger charge is -2.11. The standard InChI is InChI=1S/C21H20N2O4/c1-2-3-5-14-20(25)27-15-19(24)23-18-13-9-8-12-17(18)21(26)22-16-10-6-4-7-11-16/h2-14H,15H2,1H3,(H,22,26)(H,23,24)/b3-2+,14-5+. The number of hydrogen-bond donors (Lipinski definition) is 2. The van der Waals surface area contributed by atoms with Crippen molar-refractivity contribution in [2.24, 2.45) is 0 Å². The number of allylic oxidation sites excluding steroid dienone is 3. The number of hydrogen-bond acceptors (Lipinski definition) is 4. The molecule has 27 heavy (non-hydrogen) atoms. The quantitative estimate of drug-likeness (QED) is 0.447. The van der Waals surface area contributed by atoms with Crippen molar-refractivity contribution in [2.75, 3.05) is 17.2 Å². The zero-order chi connectivity index (χ0) is 19.5. The molecule has 2 N–H and O–H groups in total. The van der Waals surface area contributed by atoms with Crippen LogP contribution in [-0.2, 0) is 14.3 Å². The van der Waals surface area contributed by atoms with E-state index in [-0.39, 0.29) is 5.91 Å². The Kier molecular flexibility index (Phi) is 7.53. The van der Waals surface area contributed by atoms with E-state index < -0.39 is 18.5 Å². The van der Waals surface area contributed by atoms with Gasteiger partial charge < -0.3 is 15.4 Å². The third kappa shape index (κ3) is 6.62. The number of nitrogens with one attached hydrogen (secondary N) is 2. The Labute approximate surface area is 157 Å². The van der Waals surface area contributed by atoms with Crippen LogP contribution in [0.3, 0.4) is 0 Å². The van der Waals surface area contributed by atoms with Crippen LogP contribution in [-0.4, -0.2) is 24.4 Å². The van der Waals surface area contributed by atoms with E-state index in [0.717, 1.165) is 0 Å². The van der Waals surface area contributed by atoms with Gasteiger partial charge in [0.15, 0.2) is 6.61 Å². The Morgan fingerprint density at radius 3 is 2.37 bits per heavy atom. The molecule has 0 aliphatic heterocycles. The van der Waals surface area contributed by atoms with Crippen LogP contribution in [0.1, 0.15) is 17.3 Å². The van der Waals surface area contributed by atoms with Gasteiger partial charge in [0.05, 0.1) is 11.3 Å². The van der Waals surface area contributed by atoms with Gasteiger partial charge in [0.2, 0.25) is 0 Å². The topological polar surface area (TPSA) is 84.5 Å². The Morgan fingerprint density at radius 1 is 0.926 bits per heavy atom. The summed E-state index contributed by atoms with van der Waals surface area (Å²) in [5, 5.41) is 5.34. The normalized spacial score (nSPS) is 10.7. The minimum Gasteiger partial charge on any atom is -0.452 e. The van der Waals surface area contributed by atoms with E-state index in [0.29, 0.717) is 16.9 Å². The minimum atomic E-state index is -0.627. The fourth-order valence-corrected chi connectivity index (χ4v) is 2.13. The van der Waals surface area contributed by atoms with Gasteiger partial charge in [-0.1, -0.05) is 48.6 Å². The third-order valence-electron chi connectivity index (χ3n) is 3.36. The molecule has 2 aromatic carbocycles. The lowest BCUT2D eigenvalue weighted by atomic mass is 10.1. The summed E-state index contributed by atoms with van der Waals surface area (Å²) in [6.45, 7) is 1.36. The van der Waals surface area contributed by atoms with Crippen molar-refractivity contribution in [3.63, 3.8) is 0 Å². The Hall–Kier alpha value is -3.67. The lowest BCUT2D eigenvalue weighted by molar-refractivity contribution is -0.142. The first-order chi connectivity index (χ1) is 13.1. The summed E-state index contributed by atoms with van der Waals surface area (Å²) in [6.07, 6.45) is 6.16. The predicted molar refractivity (Wildman–Crippen MR) is 104 cm³/mol. The molecule has 0 unspecified atom stereocenters. The summed E-state index contributed by atoms with van der Waals surface area (Å²) < 4.78 is 4.85. The van der Waals surface area contributed by atoms with Gasteiger partial charge >= 0.3 is 5.97 Å². The number of esters is 1. The van der Waals surface area contributed by atoms with Crippen LogP contribution in [0.15, 0.2) is 78.9 Å². The average Bonchev–Trinajstić information content (AvgIpc) is 2.68. The molecule has 0 heterocycles. The molecular weight excluding hydrogens is 344 g/mol. The number of carbonyl (C=O) groups is 3. The maximum absolute atomic E-state index is 12.5. The average molecular weight is 364 g/mol. The number of ether oxygens (including phenoxy) is 1. The molecule has 138 valence electrons. The van der Waals surface area contributed by atoms with Crippen LogP contribution in [0.25, 0.3) is 0 Å². The van der Waals surface area contributed by atoms with Crippen LogP contribution in [0.5, 0.6) is 0 Å². The van der Waals surface area contributed by atoms with Crippen LogP contribution in [0.4, 0.5) is 11.4 Å². The molecular formula is C21H20N2O4. The second-order valence-electron chi connectivity index (χ2n) is 5.41. The number of para-hydroxylation sites is 2. The minimum absolute atomic E-state index is 0.300. The van der Waals surface area contributed by atoms with E-state index in [4.69, 9.17) is 4.74 Å². The summed E-state index contributed by atoms with van der Waals surface area (Å²) in [6, 6.07) is 15.6. The second-order valence-corrected chi connectivity index (χ2v) is 5.41. The molecule has 2 amide bonds. The van der Waals surface area contributed by atoms with Crippen LogP contribution < -0.4 is 10.6 Å². The van der Waals surface area contributed by atoms with E-state index >= 15 is 0 Å². The molecule has 0 fully saturated rings. The molecule has 0 aliphatic rings. The number of rotatable bonds is 7. The monoisotopic (exact) mass is 364 g/mol. The van der Waals surface area contributed by atoms with Crippen molar-refractivity contribution in [3.8, 4) is 0 Å². The Balaban J connectivity index is 1.97. The molecule has 0 aromatic heterocycles. The molecule has 0 atom stereocenters. The number of anilines is 2. The second kappa shape index (κ2) is 10.4. The van der Waals surface area contributed by atoms with Crippen molar-refractivity contribution < 1.29 is 19.1 Å². The number of amides is 2. The Bertz CT molecular complexity index is 857. The van der Waals surface area contributed by atoms with Crippen LogP contribution in [0, 0.1) is 0 Å². The molecule has 0 radical (unpaired) electrons. The summed E-state index contributed by atoms with van der Waals surface area (Å²) >= 11 is 0. The van der Waals surface area contributed by atoms with Crippen molar-refractivity contribution >= 4 is 29.2 Å². The maximum atomic E-state index is 12.5. The summed E-state index contributed by atoms with van der Waals surface area (Å²) in [4.78, 5) is 36.0. The molecule has 0 bridgehead atoms. The maximum Gasteiger partial charge on any atom is 0.331 e.